The second kappa shape index (κ2) is 9.07. The monoisotopic (exact) mass is 435 g/mol. The topological polar surface area (TPSA) is 64.1 Å². The number of rotatable bonds is 6. The van der Waals surface area contributed by atoms with E-state index in [1.54, 1.807) is 37.4 Å². The molecule has 1 N–H and O–H groups in total. The Hall–Kier alpha value is -3.22. The van der Waals surface area contributed by atoms with Gasteiger partial charge in [-0.1, -0.05) is 29.8 Å². The number of halogens is 1. The van der Waals surface area contributed by atoms with E-state index in [0.717, 1.165) is 22.0 Å². The molecule has 7 heteroatoms. The molecule has 0 spiro atoms. The van der Waals surface area contributed by atoms with Gasteiger partial charge in [-0.3, -0.25) is 9.78 Å². The highest BCUT2D eigenvalue weighted by molar-refractivity contribution is 7.13. The third-order valence-corrected chi connectivity index (χ3v) is 5.43. The molecule has 150 valence electrons. The fraction of sp³-hybridized carbons (Fsp3) is 0.0870. The van der Waals surface area contributed by atoms with E-state index in [1.807, 2.05) is 47.8 Å². The molecule has 0 aliphatic carbocycles. The van der Waals surface area contributed by atoms with Gasteiger partial charge in [0.2, 0.25) is 0 Å². The third kappa shape index (κ3) is 4.84. The van der Waals surface area contributed by atoms with Crippen molar-refractivity contribution in [2.75, 3.05) is 5.32 Å². The minimum atomic E-state index is -0.662. The van der Waals surface area contributed by atoms with Crippen molar-refractivity contribution in [2.24, 2.45) is 0 Å². The summed E-state index contributed by atoms with van der Waals surface area (Å²) in [5.41, 5.74) is 3.27. The number of nitrogens with zero attached hydrogens (tertiary/aromatic N) is 2. The second-order valence-corrected chi connectivity index (χ2v) is 7.83. The second-order valence-electron chi connectivity index (χ2n) is 6.54. The lowest BCUT2D eigenvalue weighted by Crippen LogP contribution is -2.30. The number of pyridine rings is 1. The Morgan fingerprint density at radius 1 is 1.07 bits per heavy atom. The molecule has 0 fully saturated rings. The van der Waals surface area contributed by atoms with Gasteiger partial charge in [0, 0.05) is 27.9 Å². The summed E-state index contributed by atoms with van der Waals surface area (Å²) in [6.45, 7) is 1.70. The van der Waals surface area contributed by atoms with Gasteiger partial charge in [-0.25, -0.2) is 4.98 Å². The van der Waals surface area contributed by atoms with Crippen LogP contribution in [-0.2, 0) is 4.79 Å². The van der Waals surface area contributed by atoms with Crippen LogP contribution in [0.1, 0.15) is 6.92 Å². The summed E-state index contributed by atoms with van der Waals surface area (Å²) in [7, 11) is 0. The molecule has 2 heterocycles. The summed E-state index contributed by atoms with van der Waals surface area (Å²) in [5.74, 6) is 0.342. The molecule has 0 saturated carbocycles. The normalized spacial score (nSPS) is 11.7. The number of hydrogen-bond donors (Lipinski definition) is 1. The van der Waals surface area contributed by atoms with Crippen molar-refractivity contribution in [3.63, 3.8) is 0 Å². The first-order valence-corrected chi connectivity index (χ1v) is 10.5. The minimum Gasteiger partial charge on any atom is -0.481 e. The van der Waals surface area contributed by atoms with Crippen LogP contribution >= 0.6 is 22.9 Å². The molecule has 0 bridgehead atoms. The Morgan fingerprint density at radius 2 is 1.90 bits per heavy atom. The lowest BCUT2D eigenvalue weighted by atomic mass is 10.1. The third-order valence-electron chi connectivity index (χ3n) is 4.31. The number of benzene rings is 2. The molecule has 0 aliphatic rings. The number of ether oxygens (including phenoxy) is 1. The molecule has 5 nitrogen and oxygen atoms in total. The molecule has 2 aromatic heterocycles. The zero-order valence-corrected chi connectivity index (χ0v) is 17.7. The van der Waals surface area contributed by atoms with Crippen LogP contribution in [0.2, 0.25) is 5.02 Å². The van der Waals surface area contributed by atoms with Gasteiger partial charge < -0.3 is 10.1 Å². The summed E-state index contributed by atoms with van der Waals surface area (Å²) < 4.78 is 5.68. The van der Waals surface area contributed by atoms with Crippen LogP contribution in [0.3, 0.4) is 0 Å². The lowest BCUT2D eigenvalue weighted by Gasteiger charge is -2.15. The van der Waals surface area contributed by atoms with Gasteiger partial charge in [0.05, 0.1) is 11.4 Å². The number of thiazole rings is 1. The van der Waals surface area contributed by atoms with E-state index in [4.69, 9.17) is 16.3 Å². The maximum atomic E-state index is 12.5. The fourth-order valence-electron chi connectivity index (χ4n) is 2.78. The van der Waals surface area contributed by atoms with Gasteiger partial charge in [-0.15, -0.1) is 11.3 Å². The Labute approximate surface area is 183 Å². The molecule has 4 aromatic rings. The quantitative estimate of drug-likeness (QED) is 0.407. The van der Waals surface area contributed by atoms with E-state index in [1.165, 1.54) is 11.3 Å². The molecule has 0 saturated heterocycles. The molecule has 0 aliphatic heterocycles. The number of anilines is 1. The molecule has 4 rings (SSSR count). The molecule has 2 aromatic carbocycles. The molecular weight excluding hydrogens is 418 g/mol. The fourth-order valence-corrected chi connectivity index (χ4v) is 3.71. The number of nitrogens with one attached hydrogen (secondary N) is 1. The molecular formula is C23H18ClN3O2S. The molecule has 1 amide bonds. The highest BCUT2D eigenvalue weighted by Crippen LogP contribution is 2.29. The highest BCUT2D eigenvalue weighted by Gasteiger charge is 2.15. The zero-order chi connectivity index (χ0) is 20.9. The summed E-state index contributed by atoms with van der Waals surface area (Å²) in [5, 5.41) is 6.35. The Kier molecular flexibility index (Phi) is 6.07. The van der Waals surface area contributed by atoms with Crippen molar-refractivity contribution >= 4 is 34.5 Å². The largest absolute Gasteiger partial charge is 0.481 e. The van der Waals surface area contributed by atoms with Crippen molar-refractivity contribution < 1.29 is 9.53 Å². The van der Waals surface area contributed by atoms with Crippen LogP contribution in [0, 0.1) is 0 Å². The predicted octanol–water partition coefficient (Wildman–Crippen LogP) is 5.93. The molecule has 1 atom stereocenters. The number of amides is 1. The number of hydrogen-bond acceptors (Lipinski definition) is 5. The first kappa shape index (κ1) is 20.1. The van der Waals surface area contributed by atoms with E-state index in [9.17, 15) is 4.79 Å². The Bertz CT molecular complexity index is 1150. The van der Waals surface area contributed by atoms with Gasteiger partial charge in [-0.2, -0.15) is 0 Å². The van der Waals surface area contributed by atoms with Gasteiger partial charge >= 0.3 is 0 Å². The van der Waals surface area contributed by atoms with Gasteiger partial charge in [0.1, 0.15) is 10.8 Å². The van der Waals surface area contributed by atoms with Crippen molar-refractivity contribution in [2.45, 2.75) is 13.0 Å². The maximum absolute atomic E-state index is 12.5. The molecule has 0 radical (unpaired) electrons. The highest BCUT2D eigenvalue weighted by atomic mass is 35.5. The SMILES string of the molecule is CC(Oc1ccc(Cl)cc1)C(=O)Nc1cccc(-c2csc(-c3ccccn3)n2)c1. The van der Waals surface area contributed by atoms with Gasteiger partial charge in [-0.05, 0) is 55.5 Å². The first-order valence-electron chi connectivity index (χ1n) is 9.29. The number of carbonyl (C=O) groups is 1. The van der Waals surface area contributed by atoms with Crippen molar-refractivity contribution in [1.29, 1.82) is 0 Å². The van der Waals surface area contributed by atoms with E-state index in [-0.39, 0.29) is 5.91 Å². The smallest absolute Gasteiger partial charge is 0.265 e. The summed E-state index contributed by atoms with van der Waals surface area (Å²) in [6, 6.07) is 20.2. The van der Waals surface area contributed by atoms with Crippen LogP contribution in [-0.4, -0.2) is 22.0 Å². The molecule has 1 unspecified atom stereocenters. The van der Waals surface area contributed by atoms with Crippen LogP contribution in [0.25, 0.3) is 22.0 Å². The number of carbonyl (C=O) groups excluding carboxylic acids is 1. The van der Waals surface area contributed by atoms with E-state index in [0.29, 0.717) is 16.5 Å². The van der Waals surface area contributed by atoms with Crippen molar-refractivity contribution in [3.05, 3.63) is 83.3 Å². The van der Waals surface area contributed by atoms with Gasteiger partial charge in [0.15, 0.2) is 6.10 Å². The minimum absolute atomic E-state index is 0.241. The lowest BCUT2D eigenvalue weighted by molar-refractivity contribution is -0.122. The average Bonchev–Trinajstić information content (AvgIpc) is 3.26. The Morgan fingerprint density at radius 3 is 2.67 bits per heavy atom. The summed E-state index contributed by atoms with van der Waals surface area (Å²) in [4.78, 5) is 21.6. The van der Waals surface area contributed by atoms with Crippen LogP contribution in [0.4, 0.5) is 5.69 Å². The van der Waals surface area contributed by atoms with E-state index < -0.39 is 6.10 Å². The first-order chi connectivity index (χ1) is 14.6. The molecule has 30 heavy (non-hydrogen) atoms. The van der Waals surface area contributed by atoms with Crippen LogP contribution in [0.5, 0.6) is 5.75 Å². The van der Waals surface area contributed by atoms with Crippen LogP contribution in [0.15, 0.2) is 78.3 Å². The van der Waals surface area contributed by atoms with Crippen molar-refractivity contribution in [3.8, 4) is 27.7 Å². The van der Waals surface area contributed by atoms with Crippen molar-refractivity contribution in [1.82, 2.24) is 9.97 Å². The summed E-state index contributed by atoms with van der Waals surface area (Å²) in [6.07, 6.45) is 1.09. The Balaban J connectivity index is 1.45. The standard InChI is InChI=1S/C23H18ClN3O2S/c1-15(29-19-10-8-17(24)9-11-19)22(28)26-18-6-4-5-16(13-18)21-14-30-23(27-21)20-7-2-3-12-25-20/h2-15H,1H3,(H,26,28). The zero-order valence-electron chi connectivity index (χ0n) is 16.1. The van der Waals surface area contributed by atoms with Crippen LogP contribution < -0.4 is 10.1 Å². The predicted molar refractivity (Wildman–Crippen MR) is 121 cm³/mol. The van der Waals surface area contributed by atoms with E-state index in [2.05, 4.69) is 15.3 Å². The van der Waals surface area contributed by atoms with E-state index >= 15 is 0 Å². The average molecular weight is 436 g/mol. The summed E-state index contributed by atoms with van der Waals surface area (Å²) >= 11 is 7.41. The van der Waals surface area contributed by atoms with Gasteiger partial charge in [0.25, 0.3) is 5.91 Å². The number of aromatic nitrogens is 2. The maximum Gasteiger partial charge on any atom is 0.265 e.